The van der Waals surface area contributed by atoms with Crippen LogP contribution in [0.15, 0.2) is 6.07 Å². The van der Waals surface area contributed by atoms with Gasteiger partial charge in [0.15, 0.2) is 0 Å². The van der Waals surface area contributed by atoms with Crippen LogP contribution in [-0.4, -0.2) is 60.5 Å². The molecule has 3 aliphatic carbocycles. The van der Waals surface area contributed by atoms with Crippen LogP contribution in [0.4, 0.5) is 5.69 Å². The minimum atomic E-state index is -1.04. The molecule has 1 atom stereocenters. The number of anilines is 1. The molecule has 3 saturated carbocycles. The van der Waals surface area contributed by atoms with Crippen molar-refractivity contribution >= 4 is 34.9 Å². The number of esters is 1. The van der Waals surface area contributed by atoms with Crippen molar-refractivity contribution in [3.8, 4) is 11.8 Å². The second-order valence-electron chi connectivity index (χ2n) is 15.9. The van der Waals surface area contributed by atoms with Gasteiger partial charge in [0.2, 0.25) is 5.91 Å². The van der Waals surface area contributed by atoms with E-state index in [1.54, 1.807) is 0 Å². The molecular weight excluding hydrogens is 614 g/mol. The molecule has 1 amide bonds. The molecule has 4 fully saturated rings. The summed E-state index contributed by atoms with van der Waals surface area (Å²) in [5, 5.41) is 10.3. The van der Waals surface area contributed by atoms with Gasteiger partial charge in [0.25, 0.3) is 0 Å². The number of hydrogen-bond donors (Lipinski definition) is 1. The molecule has 0 aromatic carbocycles. The van der Waals surface area contributed by atoms with Gasteiger partial charge in [0.05, 0.1) is 35.8 Å². The minimum Gasteiger partial charge on any atom is -0.477 e. The Hall–Kier alpha value is -2.41. The van der Waals surface area contributed by atoms with Gasteiger partial charge in [0.1, 0.15) is 10.5 Å². The normalized spacial score (nSPS) is 31.4. The lowest BCUT2D eigenvalue weighted by molar-refractivity contribution is -0.181. The molecule has 47 heavy (non-hydrogen) atoms. The molecule has 1 saturated heterocycles. The van der Waals surface area contributed by atoms with Crippen LogP contribution in [0.25, 0.3) is 0 Å². The van der Waals surface area contributed by atoms with Crippen LogP contribution >= 0.6 is 11.3 Å². The lowest BCUT2D eigenvalue weighted by atomic mass is 9.79. The Morgan fingerprint density at radius 1 is 0.957 bits per heavy atom. The van der Waals surface area contributed by atoms with E-state index in [1.165, 1.54) is 0 Å². The molecule has 0 radical (unpaired) electrons. The Balaban J connectivity index is 1.41. The topological polar surface area (TPSA) is 102 Å². The van der Waals surface area contributed by atoms with Crippen molar-refractivity contribution in [2.75, 3.05) is 24.7 Å². The van der Waals surface area contributed by atoms with Crippen molar-refractivity contribution in [1.29, 1.82) is 0 Å². The second-order valence-corrected chi connectivity index (χ2v) is 16.9. The molecule has 1 aromatic heterocycles. The minimum absolute atomic E-state index is 0.0118. The van der Waals surface area contributed by atoms with Crippen LogP contribution in [0.1, 0.15) is 133 Å². The van der Waals surface area contributed by atoms with Crippen LogP contribution in [0.5, 0.6) is 0 Å². The lowest BCUT2D eigenvalue weighted by Crippen LogP contribution is -2.52. The molecule has 1 N–H and O–H groups in total. The van der Waals surface area contributed by atoms with E-state index in [9.17, 15) is 19.5 Å². The summed E-state index contributed by atoms with van der Waals surface area (Å²) in [6.07, 6.45) is 10.5. The number of rotatable bonds is 9. The molecule has 9 heteroatoms. The highest BCUT2D eigenvalue weighted by Crippen LogP contribution is 2.42. The van der Waals surface area contributed by atoms with Gasteiger partial charge < -0.3 is 24.2 Å². The Morgan fingerprint density at radius 2 is 1.57 bits per heavy atom. The average Bonchev–Trinajstić information content (AvgIpc) is 3.71. The zero-order valence-corrected chi connectivity index (χ0v) is 29.9. The Morgan fingerprint density at radius 3 is 2.13 bits per heavy atom. The maximum Gasteiger partial charge on any atom is 0.348 e. The number of ether oxygens (including phenoxy) is 3. The first kappa shape index (κ1) is 35.9. The molecule has 1 aliphatic heterocycles. The highest BCUT2D eigenvalue weighted by Gasteiger charge is 2.45. The van der Waals surface area contributed by atoms with Gasteiger partial charge >= 0.3 is 11.9 Å². The first-order valence-electron chi connectivity index (χ1n) is 18.0. The summed E-state index contributed by atoms with van der Waals surface area (Å²) in [5.74, 6) is 6.24. The van der Waals surface area contributed by atoms with E-state index in [-0.39, 0.29) is 46.2 Å². The summed E-state index contributed by atoms with van der Waals surface area (Å²) in [5.41, 5.74) is -0.564. The third kappa shape index (κ3) is 9.39. The molecule has 0 bridgehead atoms. The van der Waals surface area contributed by atoms with Gasteiger partial charge in [-0.25, -0.2) is 4.79 Å². The fourth-order valence-electron chi connectivity index (χ4n) is 7.59. The number of carboxylic acids is 1. The van der Waals surface area contributed by atoms with Gasteiger partial charge in [-0.3, -0.25) is 9.59 Å². The Labute approximate surface area is 285 Å². The molecule has 5 rings (SSSR count). The van der Waals surface area contributed by atoms with Gasteiger partial charge in [-0.05, 0) is 122 Å². The first-order valence-corrected chi connectivity index (χ1v) is 18.8. The highest BCUT2D eigenvalue weighted by molar-refractivity contribution is 7.15. The van der Waals surface area contributed by atoms with E-state index >= 15 is 0 Å². The molecule has 2 heterocycles. The average molecular weight is 670 g/mol. The Kier molecular flexibility index (Phi) is 11.8. The van der Waals surface area contributed by atoms with E-state index in [1.807, 2.05) is 31.7 Å². The van der Waals surface area contributed by atoms with Crippen molar-refractivity contribution < 1.29 is 33.7 Å². The molecular formula is C38H55NO7S. The van der Waals surface area contributed by atoms with E-state index in [0.29, 0.717) is 67.9 Å². The fraction of sp³-hybridized carbons (Fsp3) is 0.763. The Bertz CT molecular complexity index is 1310. The maximum absolute atomic E-state index is 14.5. The largest absolute Gasteiger partial charge is 0.477 e. The quantitative estimate of drug-likeness (QED) is 0.211. The van der Waals surface area contributed by atoms with E-state index in [0.717, 1.165) is 69.1 Å². The third-order valence-electron chi connectivity index (χ3n) is 10.7. The number of amides is 1. The molecule has 0 unspecified atom stereocenters. The van der Waals surface area contributed by atoms with Crippen LogP contribution < -0.4 is 4.90 Å². The van der Waals surface area contributed by atoms with Crippen LogP contribution in [0.3, 0.4) is 0 Å². The smallest absolute Gasteiger partial charge is 0.348 e. The molecule has 4 aliphatic rings. The summed E-state index contributed by atoms with van der Waals surface area (Å²) in [7, 11) is 0. The lowest BCUT2D eigenvalue weighted by Gasteiger charge is -2.44. The monoisotopic (exact) mass is 669 g/mol. The van der Waals surface area contributed by atoms with Gasteiger partial charge in [-0.1, -0.05) is 25.7 Å². The number of nitrogens with zero attached hydrogens (tertiary/aromatic N) is 1. The first-order chi connectivity index (χ1) is 22.3. The van der Waals surface area contributed by atoms with Gasteiger partial charge in [-0.15, -0.1) is 11.3 Å². The number of carboxylic acid groups (broad SMARTS) is 1. The molecule has 1 aromatic rings. The van der Waals surface area contributed by atoms with E-state index < -0.39 is 11.6 Å². The highest BCUT2D eigenvalue weighted by atomic mass is 32.1. The number of aromatic carboxylic acids is 1. The molecule has 260 valence electrons. The van der Waals surface area contributed by atoms with Crippen molar-refractivity contribution in [1.82, 2.24) is 0 Å². The number of carbonyl (C=O) groups excluding carboxylic acids is 2. The van der Waals surface area contributed by atoms with Gasteiger partial charge in [-0.2, -0.15) is 0 Å². The summed E-state index contributed by atoms with van der Waals surface area (Å²) in [6.45, 7) is 12.1. The maximum atomic E-state index is 14.5. The van der Waals surface area contributed by atoms with Crippen LogP contribution in [0, 0.1) is 40.9 Å². The predicted octanol–water partition coefficient (Wildman–Crippen LogP) is 7.86. The fourth-order valence-corrected chi connectivity index (χ4v) is 8.43. The van der Waals surface area contributed by atoms with Gasteiger partial charge in [0, 0.05) is 24.0 Å². The van der Waals surface area contributed by atoms with Crippen molar-refractivity contribution in [2.24, 2.45) is 29.1 Å². The number of thiophene rings is 1. The number of carbonyl (C=O) groups is 3. The molecule has 0 spiro atoms. The van der Waals surface area contributed by atoms with Crippen LogP contribution in [0.2, 0.25) is 0 Å². The SMILES string of the molecule is CC1CCC(C(=O)OC2(CO[C@@H]3CCOC3)CCC(N(C(=O)C3CCC(C)CC3)c3cc(C#CC(C)(C)C)sc3C(=O)O)CC2)CC1. The summed E-state index contributed by atoms with van der Waals surface area (Å²) in [6, 6.07) is 1.60. The van der Waals surface area contributed by atoms with E-state index in [2.05, 4.69) is 25.7 Å². The predicted molar refractivity (Wildman–Crippen MR) is 184 cm³/mol. The summed E-state index contributed by atoms with van der Waals surface area (Å²) >= 11 is 1.14. The third-order valence-corrected chi connectivity index (χ3v) is 11.7. The van der Waals surface area contributed by atoms with Crippen molar-refractivity contribution in [2.45, 2.75) is 136 Å². The summed E-state index contributed by atoms with van der Waals surface area (Å²) in [4.78, 5) is 43.2. The number of hydrogen-bond acceptors (Lipinski definition) is 7. The van der Waals surface area contributed by atoms with Crippen LogP contribution in [-0.2, 0) is 23.8 Å². The summed E-state index contributed by atoms with van der Waals surface area (Å²) < 4.78 is 18.3. The zero-order chi connectivity index (χ0) is 33.8. The zero-order valence-electron chi connectivity index (χ0n) is 29.1. The second kappa shape index (κ2) is 15.4. The van der Waals surface area contributed by atoms with E-state index in [4.69, 9.17) is 14.2 Å². The van der Waals surface area contributed by atoms with Crippen molar-refractivity contribution in [3.63, 3.8) is 0 Å². The standard InChI is InChI=1S/C38H55NO7S/c1-25-6-10-27(11-7-25)34(40)39(32-22-31(16-18-37(3,4)5)47-33(32)35(41)42)29-14-19-38(20-15-29,24-45-30-17-21-44-23-30)46-36(43)28-12-8-26(2)9-13-28/h22,25-30H,6-15,17,19-21,23-24H2,1-5H3,(H,41,42)/t25?,26?,27?,28?,29?,30-,38?/m1/s1. The van der Waals surface area contributed by atoms with Crippen molar-refractivity contribution in [3.05, 3.63) is 15.8 Å². The molecule has 8 nitrogen and oxygen atoms in total.